The predicted molar refractivity (Wildman–Crippen MR) is 70.0 cm³/mol. The molecule has 1 aromatic carbocycles. The molecule has 0 fully saturated rings. The molecule has 2 nitrogen and oxygen atoms in total. The molecule has 0 aliphatic rings. The van der Waals surface area contributed by atoms with E-state index in [0.717, 1.165) is 18.4 Å². The van der Waals surface area contributed by atoms with Gasteiger partial charge in [-0.3, -0.25) is 4.79 Å². The van der Waals surface area contributed by atoms with Crippen molar-refractivity contribution in [1.82, 2.24) is 0 Å². The maximum atomic E-state index is 13.2. The van der Waals surface area contributed by atoms with Crippen LogP contribution in [0.3, 0.4) is 0 Å². The number of carbonyl (C=O) groups is 1. The highest BCUT2D eigenvalue weighted by Crippen LogP contribution is 2.23. The van der Waals surface area contributed by atoms with Crippen LogP contribution in [0.5, 0.6) is 0 Å². The largest absolute Gasteiger partial charge is 0.366 e. The second-order valence-electron chi connectivity index (χ2n) is 4.48. The minimum absolute atomic E-state index is 0.0666. The van der Waals surface area contributed by atoms with Gasteiger partial charge in [0.2, 0.25) is 0 Å². The van der Waals surface area contributed by atoms with Crippen molar-refractivity contribution >= 4 is 5.78 Å². The lowest BCUT2D eigenvalue weighted by Crippen LogP contribution is -2.16. The zero-order chi connectivity index (χ0) is 13.5. The van der Waals surface area contributed by atoms with Crippen molar-refractivity contribution in [1.29, 1.82) is 0 Å². The third-order valence-corrected chi connectivity index (χ3v) is 2.76. The average Bonchev–Trinajstić information content (AvgIpc) is 2.34. The van der Waals surface area contributed by atoms with E-state index in [0.29, 0.717) is 18.6 Å². The van der Waals surface area contributed by atoms with Gasteiger partial charge in [0.1, 0.15) is 11.9 Å². The van der Waals surface area contributed by atoms with E-state index in [1.165, 1.54) is 6.07 Å². The van der Waals surface area contributed by atoms with E-state index in [2.05, 4.69) is 0 Å². The molecule has 0 aromatic heterocycles. The van der Waals surface area contributed by atoms with Gasteiger partial charge in [-0.05, 0) is 37.0 Å². The van der Waals surface area contributed by atoms with Crippen molar-refractivity contribution in [3.63, 3.8) is 0 Å². The molecule has 1 aromatic rings. The van der Waals surface area contributed by atoms with Gasteiger partial charge in [-0.2, -0.15) is 0 Å². The second-order valence-corrected chi connectivity index (χ2v) is 4.48. The molecule has 1 unspecified atom stereocenters. The van der Waals surface area contributed by atoms with Crippen molar-refractivity contribution < 1.29 is 13.9 Å². The molecule has 100 valence electrons. The van der Waals surface area contributed by atoms with Gasteiger partial charge in [-0.15, -0.1) is 0 Å². The average molecular weight is 252 g/mol. The van der Waals surface area contributed by atoms with E-state index in [-0.39, 0.29) is 11.6 Å². The summed E-state index contributed by atoms with van der Waals surface area (Å²) in [5, 5.41) is 0. The molecule has 0 saturated carbocycles. The summed E-state index contributed by atoms with van der Waals surface area (Å²) in [5.74, 6) is -0.187. The van der Waals surface area contributed by atoms with Crippen LogP contribution >= 0.6 is 0 Å². The number of hydrogen-bond donors (Lipinski definition) is 0. The fourth-order valence-corrected chi connectivity index (χ4v) is 1.82. The molecule has 1 atom stereocenters. The summed E-state index contributed by atoms with van der Waals surface area (Å²) >= 11 is 0. The summed E-state index contributed by atoms with van der Waals surface area (Å²) in [5.41, 5.74) is 1.29. The molecular weight excluding hydrogens is 231 g/mol. The highest BCUT2D eigenvalue weighted by Gasteiger charge is 2.20. The van der Waals surface area contributed by atoms with Crippen LogP contribution < -0.4 is 0 Å². The molecule has 18 heavy (non-hydrogen) atoms. The van der Waals surface area contributed by atoms with E-state index >= 15 is 0 Å². The van der Waals surface area contributed by atoms with E-state index in [1.54, 1.807) is 19.1 Å². The highest BCUT2D eigenvalue weighted by molar-refractivity contribution is 5.84. The number of halogens is 1. The number of ether oxygens (including phenoxy) is 1. The summed E-state index contributed by atoms with van der Waals surface area (Å²) in [6.45, 7) is 6.19. The lowest BCUT2D eigenvalue weighted by Gasteiger charge is -2.17. The minimum Gasteiger partial charge on any atom is -0.366 e. The molecule has 0 aliphatic heterocycles. The van der Waals surface area contributed by atoms with Gasteiger partial charge in [-0.1, -0.05) is 26.0 Å². The van der Waals surface area contributed by atoms with E-state index < -0.39 is 6.10 Å². The molecule has 0 radical (unpaired) electrons. The monoisotopic (exact) mass is 252 g/mol. The van der Waals surface area contributed by atoms with Crippen molar-refractivity contribution in [2.75, 3.05) is 6.61 Å². The van der Waals surface area contributed by atoms with Crippen LogP contribution in [0.2, 0.25) is 0 Å². The molecule has 0 spiro atoms. The fraction of sp³-hybridized carbons (Fsp3) is 0.533. The third kappa shape index (κ3) is 3.91. The quantitative estimate of drug-likeness (QED) is 0.734. The number of rotatable bonds is 7. The maximum absolute atomic E-state index is 13.2. The van der Waals surface area contributed by atoms with Gasteiger partial charge in [0, 0.05) is 13.0 Å². The fourth-order valence-electron chi connectivity index (χ4n) is 1.82. The molecule has 0 saturated heterocycles. The molecule has 3 heteroatoms. The number of hydrogen-bond acceptors (Lipinski definition) is 2. The van der Waals surface area contributed by atoms with E-state index in [9.17, 15) is 9.18 Å². The summed E-state index contributed by atoms with van der Waals surface area (Å²) in [7, 11) is 0. The van der Waals surface area contributed by atoms with Crippen LogP contribution in [0.1, 0.15) is 50.3 Å². The van der Waals surface area contributed by atoms with Crippen molar-refractivity contribution in [3.05, 3.63) is 35.1 Å². The van der Waals surface area contributed by atoms with Crippen molar-refractivity contribution in [2.45, 2.75) is 46.1 Å². The van der Waals surface area contributed by atoms with Crippen LogP contribution in [-0.4, -0.2) is 12.4 Å². The highest BCUT2D eigenvalue weighted by atomic mass is 19.1. The van der Waals surface area contributed by atoms with Crippen LogP contribution in [-0.2, 0) is 9.53 Å². The van der Waals surface area contributed by atoms with Crippen LogP contribution in [0.4, 0.5) is 4.39 Å². The van der Waals surface area contributed by atoms with Crippen LogP contribution in [0.15, 0.2) is 18.2 Å². The Hall–Kier alpha value is -1.22. The van der Waals surface area contributed by atoms with Gasteiger partial charge >= 0.3 is 0 Å². The van der Waals surface area contributed by atoms with Crippen LogP contribution in [0.25, 0.3) is 0 Å². The lowest BCUT2D eigenvalue weighted by atomic mass is 10.0. The Morgan fingerprint density at radius 3 is 2.61 bits per heavy atom. The van der Waals surface area contributed by atoms with Crippen molar-refractivity contribution in [2.24, 2.45) is 0 Å². The van der Waals surface area contributed by atoms with E-state index in [4.69, 9.17) is 4.74 Å². The van der Waals surface area contributed by atoms with Crippen molar-refractivity contribution in [3.8, 4) is 0 Å². The van der Waals surface area contributed by atoms with Gasteiger partial charge in [0.25, 0.3) is 0 Å². The Balaban J connectivity index is 2.93. The normalized spacial score (nSPS) is 12.4. The lowest BCUT2D eigenvalue weighted by molar-refractivity contribution is -0.131. The first-order chi connectivity index (χ1) is 8.60. The summed E-state index contributed by atoms with van der Waals surface area (Å²) in [6.07, 6.45) is 1.59. The first-order valence-corrected chi connectivity index (χ1v) is 6.50. The van der Waals surface area contributed by atoms with Gasteiger partial charge < -0.3 is 4.74 Å². The number of ketones is 1. The Morgan fingerprint density at radius 1 is 1.33 bits per heavy atom. The minimum atomic E-state index is -0.552. The molecule has 0 amide bonds. The SMILES string of the molecule is CCCOC(C(=O)CCC)c1ccc(F)c(C)c1. The molecular formula is C15H21FO2. The van der Waals surface area contributed by atoms with E-state index in [1.807, 2.05) is 13.8 Å². The summed E-state index contributed by atoms with van der Waals surface area (Å²) in [4.78, 5) is 12.0. The maximum Gasteiger partial charge on any atom is 0.166 e. The third-order valence-electron chi connectivity index (χ3n) is 2.76. The first-order valence-electron chi connectivity index (χ1n) is 6.50. The second kappa shape index (κ2) is 7.27. The first kappa shape index (κ1) is 14.8. The van der Waals surface area contributed by atoms with Gasteiger partial charge in [0.15, 0.2) is 5.78 Å². The molecule has 0 heterocycles. The Bertz CT molecular complexity index is 401. The predicted octanol–water partition coefficient (Wildman–Crippen LogP) is 3.97. The zero-order valence-corrected chi connectivity index (χ0v) is 11.3. The van der Waals surface area contributed by atoms with Gasteiger partial charge in [-0.25, -0.2) is 4.39 Å². The molecule has 0 aliphatic carbocycles. The number of carbonyl (C=O) groups excluding carboxylic acids is 1. The summed E-state index contributed by atoms with van der Waals surface area (Å²) in [6, 6.07) is 4.73. The standard InChI is InChI=1S/C15H21FO2/c1-4-6-14(17)15(18-9-5-2)12-7-8-13(16)11(3)10-12/h7-8,10,15H,4-6,9H2,1-3H3. The van der Waals surface area contributed by atoms with Crippen LogP contribution in [0, 0.1) is 12.7 Å². The Labute approximate surface area is 108 Å². The molecule has 1 rings (SSSR count). The smallest absolute Gasteiger partial charge is 0.166 e. The Morgan fingerprint density at radius 2 is 2.06 bits per heavy atom. The Kier molecular flexibility index (Phi) is 5.99. The van der Waals surface area contributed by atoms with Gasteiger partial charge in [0.05, 0.1) is 0 Å². The molecule has 0 N–H and O–H groups in total. The number of aryl methyl sites for hydroxylation is 1. The summed E-state index contributed by atoms with van der Waals surface area (Å²) < 4.78 is 18.9. The topological polar surface area (TPSA) is 26.3 Å². The zero-order valence-electron chi connectivity index (χ0n) is 11.3. The number of benzene rings is 1. The number of Topliss-reactive ketones (excluding diaryl/α,β-unsaturated/α-hetero) is 1. The molecule has 0 bridgehead atoms.